The lowest BCUT2D eigenvalue weighted by molar-refractivity contribution is 0.431. The highest BCUT2D eigenvalue weighted by Gasteiger charge is 2.10. The van der Waals surface area contributed by atoms with Crippen LogP contribution in [-0.4, -0.2) is 15.1 Å². The molecule has 88 valence electrons. The predicted molar refractivity (Wildman–Crippen MR) is 67.4 cm³/mol. The van der Waals surface area contributed by atoms with Gasteiger partial charge in [-0.2, -0.15) is 4.98 Å². The Morgan fingerprint density at radius 2 is 1.83 bits per heavy atom. The van der Waals surface area contributed by atoms with Gasteiger partial charge in [0.15, 0.2) is 0 Å². The van der Waals surface area contributed by atoms with Gasteiger partial charge in [-0.25, -0.2) is 0 Å². The Kier molecular flexibility index (Phi) is 2.49. The van der Waals surface area contributed by atoms with Crippen LogP contribution < -0.4 is 5.73 Å². The number of hydrogen-bond donors (Lipinski definition) is 1. The molecule has 0 atom stereocenters. The first-order valence-electron chi connectivity index (χ1n) is 5.44. The van der Waals surface area contributed by atoms with Gasteiger partial charge in [0.2, 0.25) is 5.82 Å². The van der Waals surface area contributed by atoms with E-state index in [-0.39, 0.29) is 0 Å². The molecule has 2 heterocycles. The second kappa shape index (κ2) is 4.29. The molecule has 0 aliphatic rings. The van der Waals surface area contributed by atoms with Gasteiger partial charge in [-0.15, -0.1) is 0 Å². The predicted octanol–water partition coefficient (Wildman–Crippen LogP) is 2.38. The van der Waals surface area contributed by atoms with Crippen molar-refractivity contribution in [3.63, 3.8) is 0 Å². The number of nitrogens with zero attached hydrogens (tertiary/aromatic N) is 3. The van der Waals surface area contributed by atoms with Crippen molar-refractivity contribution in [3.05, 3.63) is 48.7 Å². The largest absolute Gasteiger partial charge is 0.399 e. The summed E-state index contributed by atoms with van der Waals surface area (Å²) in [6.07, 6.45) is 1.68. The minimum Gasteiger partial charge on any atom is -0.399 e. The summed E-state index contributed by atoms with van der Waals surface area (Å²) in [5, 5.41) is 3.93. The molecule has 0 radical (unpaired) electrons. The van der Waals surface area contributed by atoms with Crippen molar-refractivity contribution in [1.29, 1.82) is 0 Å². The van der Waals surface area contributed by atoms with Crippen LogP contribution >= 0.6 is 0 Å². The molecule has 0 amide bonds. The molecule has 5 nitrogen and oxygen atoms in total. The highest BCUT2D eigenvalue weighted by atomic mass is 16.5. The van der Waals surface area contributed by atoms with Crippen LogP contribution in [0.3, 0.4) is 0 Å². The van der Waals surface area contributed by atoms with Gasteiger partial charge in [-0.05, 0) is 36.4 Å². The van der Waals surface area contributed by atoms with Gasteiger partial charge in [-0.3, -0.25) is 4.98 Å². The highest BCUT2D eigenvalue weighted by Crippen LogP contribution is 2.21. The summed E-state index contributed by atoms with van der Waals surface area (Å²) >= 11 is 0. The fourth-order valence-corrected chi connectivity index (χ4v) is 1.57. The summed E-state index contributed by atoms with van der Waals surface area (Å²) < 4.78 is 5.18. The van der Waals surface area contributed by atoms with Crippen molar-refractivity contribution in [2.45, 2.75) is 0 Å². The zero-order valence-corrected chi connectivity index (χ0v) is 9.45. The molecular formula is C13H10N4O. The topological polar surface area (TPSA) is 77.8 Å². The molecular weight excluding hydrogens is 228 g/mol. The van der Waals surface area contributed by atoms with Crippen LogP contribution in [0.4, 0.5) is 5.69 Å². The van der Waals surface area contributed by atoms with Crippen LogP contribution in [0, 0.1) is 0 Å². The highest BCUT2D eigenvalue weighted by molar-refractivity contribution is 5.60. The van der Waals surface area contributed by atoms with Gasteiger partial charge in [-0.1, -0.05) is 11.2 Å². The van der Waals surface area contributed by atoms with Crippen LogP contribution in [0.5, 0.6) is 0 Å². The van der Waals surface area contributed by atoms with Crippen molar-refractivity contribution < 1.29 is 4.52 Å². The smallest absolute Gasteiger partial charge is 0.276 e. The zero-order valence-electron chi connectivity index (χ0n) is 9.45. The third-order valence-corrected chi connectivity index (χ3v) is 2.48. The first-order valence-corrected chi connectivity index (χ1v) is 5.44. The Morgan fingerprint density at radius 3 is 2.56 bits per heavy atom. The second-order valence-electron chi connectivity index (χ2n) is 3.76. The van der Waals surface area contributed by atoms with E-state index < -0.39 is 0 Å². The lowest BCUT2D eigenvalue weighted by Crippen LogP contribution is -1.85. The summed E-state index contributed by atoms with van der Waals surface area (Å²) in [5.41, 5.74) is 7.84. The third kappa shape index (κ3) is 1.93. The summed E-state index contributed by atoms with van der Waals surface area (Å²) in [5.74, 6) is 0.929. The fraction of sp³-hybridized carbons (Fsp3) is 0. The number of rotatable bonds is 2. The van der Waals surface area contributed by atoms with Gasteiger partial charge in [0, 0.05) is 17.4 Å². The molecule has 18 heavy (non-hydrogen) atoms. The van der Waals surface area contributed by atoms with Crippen molar-refractivity contribution in [2.24, 2.45) is 0 Å². The molecule has 0 spiro atoms. The van der Waals surface area contributed by atoms with E-state index in [9.17, 15) is 0 Å². The average molecular weight is 238 g/mol. The number of aromatic nitrogens is 3. The maximum absolute atomic E-state index is 5.63. The molecule has 0 unspecified atom stereocenters. The van der Waals surface area contributed by atoms with E-state index >= 15 is 0 Å². The van der Waals surface area contributed by atoms with Crippen LogP contribution in [0.2, 0.25) is 0 Å². The van der Waals surface area contributed by atoms with E-state index in [2.05, 4.69) is 15.1 Å². The Hall–Kier alpha value is -2.69. The van der Waals surface area contributed by atoms with E-state index in [4.69, 9.17) is 10.3 Å². The standard InChI is InChI=1S/C13H10N4O/c14-10-6-4-9(5-7-10)12-16-13(18-17-12)11-3-1-2-8-15-11/h1-8H,14H2. The minimum absolute atomic E-state index is 0.405. The molecule has 2 aromatic heterocycles. The minimum atomic E-state index is 0.405. The van der Waals surface area contributed by atoms with Crippen molar-refractivity contribution in [1.82, 2.24) is 15.1 Å². The monoisotopic (exact) mass is 238 g/mol. The lowest BCUT2D eigenvalue weighted by Gasteiger charge is -1.94. The maximum Gasteiger partial charge on any atom is 0.276 e. The summed E-state index contributed by atoms with van der Waals surface area (Å²) in [6.45, 7) is 0. The van der Waals surface area contributed by atoms with Crippen molar-refractivity contribution in [2.75, 3.05) is 5.73 Å². The summed E-state index contributed by atoms with van der Waals surface area (Å²) in [7, 11) is 0. The Morgan fingerprint density at radius 1 is 1.00 bits per heavy atom. The number of nitrogens with two attached hydrogens (primary N) is 1. The molecule has 0 bridgehead atoms. The fourth-order valence-electron chi connectivity index (χ4n) is 1.57. The molecule has 0 aliphatic heterocycles. The third-order valence-electron chi connectivity index (χ3n) is 2.48. The molecule has 0 saturated carbocycles. The van der Waals surface area contributed by atoms with Gasteiger partial charge in [0.1, 0.15) is 5.69 Å². The van der Waals surface area contributed by atoms with E-state index in [1.54, 1.807) is 18.3 Å². The van der Waals surface area contributed by atoms with Crippen molar-refractivity contribution >= 4 is 5.69 Å². The van der Waals surface area contributed by atoms with Gasteiger partial charge >= 0.3 is 0 Å². The number of hydrogen-bond acceptors (Lipinski definition) is 5. The maximum atomic E-state index is 5.63. The first-order chi connectivity index (χ1) is 8.83. The average Bonchev–Trinajstić information content (AvgIpc) is 2.90. The van der Waals surface area contributed by atoms with Crippen LogP contribution in [-0.2, 0) is 0 Å². The van der Waals surface area contributed by atoms with Gasteiger partial charge < -0.3 is 10.3 Å². The number of pyridine rings is 1. The number of nitrogen functional groups attached to an aromatic ring is 1. The van der Waals surface area contributed by atoms with E-state index in [1.165, 1.54) is 0 Å². The lowest BCUT2D eigenvalue weighted by atomic mass is 10.2. The number of benzene rings is 1. The quantitative estimate of drug-likeness (QED) is 0.693. The molecule has 0 aliphatic carbocycles. The molecule has 5 heteroatoms. The molecule has 2 N–H and O–H groups in total. The molecule has 0 saturated heterocycles. The SMILES string of the molecule is Nc1ccc(-c2noc(-c3ccccn3)n2)cc1. The normalized spacial score (nSPS) is 10.4. The van der Waals surface area contributed by atoms with Crippen molar-refractivity contribution in [3.8, 4) is 23.0 Å². The van der Waals surface area contributed by atoms with Crippen LogP contribution in [0.15, 0.2) is 53.2 Å². The first kappa shape index (κ1) is 10.5. The van der Waals surface area contributed by atoms with E-state index in [0.717, 1.165) is 5.56 Å². The second-order valence-corrected chi connectivity index (χ2v) is 3.76. The van der Waals surface area contributed by atoms with Gasteiger partial charge in [0.05, 0.1) is 0 Å². The number of anilines is 1. The van der Waals surface area contributed by atoms with Crippen LogP contribution in [0.25, 0.3) is 23.0 Å². The zero-order chi connectivity index (χ0) is 12.4. The molecule has 1 aromatic carbocycles. The Balaban J connectivity index is 1.97. The van der Waals surface area contributed by atoms with E-state index in [1.807, 2.05) is 30.3 Å². The molecule has 0 fully saturated rings. The summed E-state index contributed by atoms with van der Waals surface area (Å²) in [6, 6.07) is 12.8. The Bertz CT molecular complexity index is 646. The summed E-state index contributed by atoms with van der Waals surface area (Å²) in [4.78, 5) is 8.45. The molecule has 3 rings (SSSR count). The van der Waals surface area contributed by atoms with E-state index in [0.29, 0.717) is 23.1 Å². The Labute approximate surface area is 103 Å². The molecule has 3 aromatic rings. The van der Waals surface area contributed by atoms with Gasteiger partial charge in [0.25, 0.3) is 5.89 Å². The van der Waals surface area contributed by atoms with Crippen LogP contribution in [0.1, 0.15) is 0 Å².